The van der Waals surface area contributed by atoms with Gasteiger partial charge in [0.15, 0.2) is 5.16 Å². The van der Waals surface area contributed by atoms with Crippen molar-refractivity contribution in [1.82, 2.24) is 19.2 Å². The van der Waals surface area contributed by atoms with Gasteiger partial charge < -0.3 is 0 Å². The van der Waals surface area contributed by atoms with Crippen molar-refractivity contribution in [3.63, 3.8) is 0 Å². The van der Waals surface area contributed by atoms with E-state index in [9.17, 15) is 4.79 Å². The Morgan fingerprint density at radius 3 is 2.82 bits per heavy atom. The number of aromatic nitrogens is 4. The molecule has 0 saturated heterocycles. The van der Waals surface area contributed by atoms with Gasteiger partial charge in [-0.15, -0.1) is 21.5 Å². The number of thiophene rings is 1. The fourth-order valence-electron chi connectivity index (χ4n) is 3.95. The second kappa shape index (κ2) is 6.90. The van der Waals surface area contributed by atoms with Gasteiger partial charge in [-0.1, -0.05) is 37.2 Å². The summed E-state index contributed by atoms with van der Waals surface area (Å²) in [6.07, 6.45) is 3.16. The number of hydrogen-bond acceptors (Lipinski definition) is 5. The maximum atomic E-state index is 13.7. The fourth-order valence-corrected chi connectivity index (χ4v) is 6.13. The van der Waals surface area contributed by atoms with E-state index in [0.717, 1.165) is 39.7 Å². The summed E-state index contributed by atoms with van der Waals surface area (Å²) in [5, 5.41) is 11.1. The van der Waals surface area contributed by atoms with Crippen molar-refractivity contribution in [2.24, 2.45) is 5.92 Å². The number of nitrogens with zero attached hydrogens (tertiary/aromatic N) is 4. The van der Waals surface area contributed by atoms with Gasteiger partial charge in [-0.3, -0.25) is 4.79 Å². The molecule has 3 heterocycles. The quantitative estimate of drug-likeness (QED) is 0.430. The van der Waals surface area contributed by atoms with E-state index in [1.807, 2.05) is 12.1 Å². The maximum absolute atomic E-state index is 13.7. The van der Waals surface area contributed by atoms with Crippen LogP contribution in [0.15, 0.2) is 34.2 Å². The first-order valence-corrected chi connectivity index (χ1v) is 11.6. The first-order chi connectivity index (χ1) is 13.6. The average Bonchev–Trinajstić information content (AvgIpc) is 3.25. The Balaban J connectivity index is 1.93. The van der Waals surface area contributed by atoms with Crippen LogP contribution in [0.5, 0.6) is 0 Å². The molecule has 0 radical (unpaired) electrons. The molecule has 0 spiro atoms. The predicted molar refractivity (Wildman–Crippen MR) is 117 cm³/mol. The number of fused-ring (bicyclic) bond motifs is 5. The van der Waals surface area contributed by atoms with Crippen LogP contribution in [-0.2, 0) is 12.8 Å². The van der Waals surface area contributed by atoms with E-state index in [1.165, 1.54) is 16.9 Å². The minimum absolute atomic E-state index is 0.0168. The highest BCUT2D eigenvalue weighted by Crippen LogP contribution is 2.38. The number of halogens is 1. The van der Waals surface area contributed by atoms with Gasteiger partial charge >= 0.3 is 0 Å². The molecule has 8 heteroatoms. The summed E-state index contributed by atoms with van der Waals surface area (Å²) in [4.78, 5) is 16.0. The molecule has 3 aromatic heterocycles. The van der Waals surface area contributed by atoms with Crippen LogP contribution in [-0.4, -0.2) is 24.9 Å². The fraction of sp³-hybridized carbons (Fsp3) is 0.350. The SMILES string of the molecule is CCSc1nnc2n(-c3ccc(Cl)cc3)c(=O)c3c4c(sc3n12)CC[C@@H](C)C4. The summed E-state index contributed by atoms with van der Waals surface area (Å²) >= 11 is 9.44. The van der Waals surface area contributed by atoms with Gasteiger partial charge in [0.2, 0.25) is 5.78 Å². The van der Waals surface area contributed by atoms with Crippen LogP contribution in [0.25, 0.3) is 21.7 Å². The van der Waals surface area contributed by atoms with Crippen molar-refractivity contribution < 1.29 is 0 Å². The van der Waals surface area contributed by atoms with Crippen molar-refractivity contribution in [1.29, 1.82) is 0 Å². The van der Waals surface area contributed by atoms with Gasteiger partial charge in [-0.2, -0.15) is 0 Å². The Kier molecular flexibility index (Phi) is 4.49. The lowest BCUT2D eigenvalue weighted by Gasteiger charge is -2.18. The highest BCUT2D eigenvalue weighted by molar-refractivity contribution is 7.99. The van der Waals surface area contributed by atoms with E-state index in [0.29, 0.717) is 16.7 Å². The smallest absolute Gasteiger partial charge is 0.268 e. The third kappa shape index (κ3) is 2.71. The molecule has 5 nitrogen and oxygen atoms in total. The van der Waals surface area contributed by atoms with Gasteiger partial charge in [-0.05, 0) is 60.8 Å². The molecule has 0 fully saturated rings. The summed E-state index contributed by atoms with van der Waals surface area (Å²) in [7, 11) is 0. The molecule has 144 valence electrons. The summed E-state index contributed by atoms with van der Waals surface area (Å²) in [6, 6.07) is 7.32. The predicted octanol–water partition coefficient (Wildman–Crippen LogP) is 4.99. The van der Waals surface area contributed by atoms with E-state index in [-0.39, 0.29) is 5.56 Å². The lowest BCUT2D eigenvalue weighted by Crippen LogP contribution is -2.22. The molecule has 0 unspecified atom stereocenters. The zero-order chi connectivity index (χ0) is 19.4. The highest BCUT2D eigenvalue weighted by Gasteiger charge is 2.27. The molecule has 1 aliphatic rings. The number of rotatable bonds is 3. The zero-order valence-electron chi connectivity index (χ0n) is 15.6. The molecular formula is C20H19ClN4OS2. The van der Waals surface area contributed by atoms with Gasteiger partial charge in [-0.25, -0.2) is 8.97 Å². The number of thioether (sulfide) groups is 1. The molecule has 1 atom stereocenters. The topological polar surface area (TPSA) is 52.2 Å². The molecule has 0 N–H and O–H groups in total. The van der Waals surface area contributed by atoms with Crippen molar-refractivity contribution in [3.8, 4) is 5.69 Å². The van der Waals surface area contributed by atoms with Gasteiger partial charge in [0.25, 0.3) is 5.56 Å². The average molecular weight is 431 g/mol. The first kappa shape index (κ1) is 18.2. The zero-order valence-corrected chi connectivity index (χ0v) is 18.0. The van der Waals surface area contributed by atoms with Crippen LogP contribution in [0, 0.1) is 5.92 Å². The molecule has 28 heavy (non-hydrogen) atoms. The lowest BCUT2D eigenvalue weighted by molar-refractivity contribution is 0.508. The van der Waals surface area contributed by atoms with Gasteiger partial charge in [0.1, 0.15) is 4.83 Å². The summed E-state index contributed by atoms with van der Waals surface area (Å²) in [5.74, 6) is 2.04. The van der Waals surface area contributed by atoms with E-state index in [2.05, 4.69) is 28.4 Å². The largest absolute Gasteiger partial charge is 0.268 e. The Morgan fingerprint density at radius 1 is 1.29 bits per heavy atom. The second-order valence-corrected chi connectivity index (χ2v) is 9.95. The van der Waals surface area contributed by atoms with Crippen LogP contribution in [0.2, 0.25) is 5.02 Å². The number of hydrogen-bond donors (Lipinski definition) is 0. The van der Waals surface area contributed by atoms with Crippen molar-refractivity contribution >= 4 is 50.7 Å². The molecule has 4 aromatic rings. The number of benzene rings is 1. The molecule has 5 rings (SSSR count). The third-order valence-corrected chi connectivity index (χ3v) is 7.62. The van der Waals surface area contributed by atoms with Gasteiger partial charge in [0.05, 0.1) is 11.1 Å². The van der Waals surface area contributed by atoms with Crippen molar-refractivity contribution in [2.75, 3.05) is 5.75 Å². The summed E-state index contributed by atoms with van der Waals surface area (Å²) in [6.45, 7) is 4.36. The highest BCUT2D eigenvalue weighted by atomic mass is 35.5. The van der Waals surface area contributed by atoms with E-state index in [4.69, 9.17) is 11.6 Å². The Morgan fingerprint density at radius 2 is 2.07 bits per heavy atom. The molecular weight excluding hydrogens is 412 g/mol. The van der Waals surface area contributed by atoms with Crippen LogP contribution in [0.3, 0.4) is 0 Å². The third-order valence-electron chi connectivity index (χ3n) is 5.28. The molecule has 0 aliphatic heterocycles. The Hall–Kier alpha value is -1.83. The van der Waals surface area contributed by atoms with Gasteiger partial charge in [0, 0.05) is 9.90 Å². The summed E-state index contributed by atoms with van der Waals surface area (Å²) in [5.41, 5.74) is 1.96. The van der Waals surface area contributed by atoms with Crippen LogP contribution in [0.1, 0.15) is 30.7 Å². The minimum atomic E-state index is -0.0168. The van der Waals surface area contributed by atoms with E-state index in [1.54, 1.807) is 39.8 Å². The Bertz CT molecular complexity index is 1260. The van der Waals surface area contributed by atoms with Crippen LogP contribution >= 0.6 is 34.7 Å². The van der Waals surface area contributed by atoms with Crippen molar-refractivity contribution in [2.45, 2.75) is 38.3 Å². The van der Waals surface area contributed by atoms with Crippen LogP contribution < -0.4 is 5.56 Å². The summed E-state index contributed by atoms with van der Waals surface area (Å²) < 4.78 is 3.74. The minimum Gasteiger partial charge on any atom is -0.268 e. The molecule has 0 amide bonds. The molecule has 0 bridgehead atoms. The monoisotopic (exact) mass is 430 g/mol. The van der Waals surface area contributed by atoms with E-state index >= 15 is 0 Å². The normalized spacial score (nSPS) is 16.8. The van der Waals surface area contributed by atoms with Crippen molar-refractivity contribution in [3.05, 3.63) is 50.1 Å². The molecule has 0 saturated carbocycles. The second-order valence-electron chi connectivity index (χ2n) is 7.20. The molecule has 1 aliphatic carbocycles. The lowest BCUT2D eigenvalue weighted by atomic mass is 9.89. The standard InChI is InChI=1S/C20H19ClN4OS2/c1-3-27-20-23-22-19-24(13-7-5-12(21)6-8-13)17(26)16-14-10-11(2)4-9-15(14)28-18(16)25(19)20/h5-8,11H,3-4,9-10H2,1-2H3/t11-/m1/s1. The van der Waals surface area contributed by atoms with E-state index < -0.39 is 0 Å². The van der Waals surface area contributed by atoms with Crippen LogP contribution in [0.4, 0.5) is 0 Å². The number of aryl methyl sites for hydroxylation is 1. The molecule has 1 aromatic carbocycles. The maximum Gasteiger partial charge on any atom is 0.268 e. The first-order valence-electron chi connectivity index (χ1n) is 9.41. The Labute approximate surface area is 175 Å².